The molecule has 0 aliphatic carbocycles. The lowest BCUT2D eigenvalue weighted by Gasteiger charge is -2.38. The molecule has 0 aromatic heterocycles. The van der Waals surface area contributed by atoms with Gasteiger partial charge < -0.3 is 10.1 Å². The van der Waals surface area contributed by atoms with Crippen LogP contribution >= 0.6 is 15.9 Å². The van der Waals surface area contributed by atoms with Crippen molar-refractivity contribution in [3.8, 4) is 0 Å². The number of likely N-dealkylation sites (tertiary alicyclic amines) is 1. The first kappa shape index (κ1) is 16.9. The lowest BCUT2D eigenvalue weighted by Crippen LogP contribution is -2.58. The Morgan fingerprint density at radius 3 is 2.83 bits per heavy atom. The molecule has 7 nitrogen and oxygen atoms in total. The summed E-state index contributed by atoms with van der Waals surface area (Å²) >= 11 is 3.41. The zero-order valence-corrected chi connectivity index (χ0v) is 14.8. The van der Waals surface area contributed by atoms with E-state index in [2.05, 4.69) is 31.5 Å². The molecule has 1 aromatic rings. The van der Waals surface area contributed by atoms with Crippen molar-refractivity contribution in [1.29, 1.82) is 0 Å². The first-order chi connectivity index (χ1) is 11.4. The average molecular weight is 396 g/mol. The molecule has 3 rings (SSSR count). The number of halogens is 1. The van der Waals surface area contributed by atoms with Crippen LogP contribution in [0.2, 0.25) is 0 Å². The topological polar surface area (TPSA) is 87.7 Å². The molecule has 0 saturated carbocycles. The molecule has 8 heteroatoms. The zero-order chi connectivity index (χ0) is 17.3. The van der Waals surface area contributed by atoms with Crippen LogP contribution in [0.25, 0.3) is 0 Å². The Labute approximate surface area is 147 Å². The van der Waals surface area contributed by atoms with Gasteiger partial charge in [0.05, 0.1) is 12.7 Å². The number of hydrogen-bond acceptors (Lipinski definition) is 5. The first-order valence-electron chi connectivity index (χ1n) is 7.66. The Balaban J connectivity index is 1.76. The number of nitrogens with zero attached hydrogens (tertiary/aromatic N) is 1. The molecular weight excluding hydrogens is 378 g/mol. The fraction of sp³-hybridized carbons (Fsp3) is 0.438. The van der Waals surface area contributed by atoms with Crippen molar-refractivity contribution in [3.63, 3.8) is 0 Å². The lowest BCUT2D eigenvalue weighted by atomic mass is 9.89. The maximum absolute atomic E-state index is 12.1. The Morgan fingerprint density at radius 1 is 1.38 bits per heavy atom. The number of piperidine rings is 1. The number of benzene rings is 1. The monoisotopic (exact) mass is 395 g/mol. The van der Waals surface area contributed by atoms with Gasteiger partial charge in [0.2, 0.25) is 0 Å². The highest BCUT2D eigenvalue weighted by Gasteiger charge is 2.48. The van der Waals surface area contributed by atoms with Crippen molar-refractivity contribution < 1.29 is 19.1 Å². The number of imide groups is 1. The molecule has 0 radical (unpaired) electrons. The predicted molar refractivity (Wildman–Crippen MR) is 89.4 cm³/mol. The molecule has 2 aliphatic heterocycles. The Morgan fingerprint density at radius 2 is 2.17 bits per heavy atom. The van der Waals surface area contributed by atoms with Gasteiger partial charge in [0, 0.05) is 17.6 Å². The minimum absolute atomic E-state index is 0.262. The van der Waals surface area contributed by atoms with E-state index >= 15 is 0 Å². The normalized spacial score (nSPS) is 23.9. The fourth-order valence-electron chi connectivity index (χ4n) is 3.33. The molecule has 2 fully saturated rings. The van der Waals surface area contributed by atoms with Gasteiger partial charge in [-0.15, -0.1) is 0 Å². The van der Waals surface area contributed by atoms with E-state index in [0.29, 0.717) is 25.1 Å². The highest BCUT2D eigenvalue weighted by molar-refractivity contribution is 9.10. The number of rotatable bonds is 3. The summed E-state index contributed by atoms with van der Waals surface area (Å²) in [5.41, 5.74) is 0.569. The van der Waals surface area contributed by atoms with Gasteiger partial charge in [-0.25, -0.2) is 9.59 Å². The Kier molecular flexibility index (Phi) is 4.60. The highest BCUT2D eigenvalue weighted by atomic mass is 79.9. The Hall–Kier alpha value is -1.93. The average Bonchev–Trinajstić information content (AvgIpc) is 2.79. The van der Waals surface area contributed by atoms with Gasteiger partial charge in [0.25, 0.3) is 5.91 Å². The van der Waals surface area contributed by atoms with E-state index in [-0.39, 0.29) is 5.91 Å². The van der Waals surface area contributed by atoms with Crippen LogP contribution in [0.5, 0.6) is 0 Å². The number of methoxy groups -OCH3 is 1. The van der Waals surface area contributed by atoms with Gasteiger partial charge in [-0.2, -0.15) is 0 Å². The van der Waals surface area contributed by atoms with Gasteiger partial charge in [-0.05, 0) is 43.1 Å². The second-order valence-electron chi connectivity index (χ2n) is 6.14. The lowest BCUT2D eigenvalue weighted by molar-refractivity contribution is -0.126. The van der Waals surface area contributed by atoms with Gasteiger partial charge in [0.15, 0.2) is 0 Å². The number of amides is 3. The van der Waals surface area contributed by atoms with E-state index in [1.807, 2.05) is 6.07 Å². The van der Waals surface area contributed by atoms with Crippen LogP contribution in [0, 0.1) is 0 Å². The van der Waals surface area contributed by atoms with Gasteiger partial charge in [0.1, 0.15) is 5.54 Å². The summed E-state index contributed by atoms with van der Waals surface area (Å²) in [6, 6.07) is 4.99. The minimum Gasteiger partial charge on any atom is -0.465 e. The second kappa shape index (κ2) is 6.52. The van der Waals surface area contributed by atoms with E-state index in [1.165, 1.54) is 7.11 Å². The quantitative estimate of drug-likeness (QED) is 0.596. The summed E-state index contributed by atoms with van der Waals surface area (Å²) < 4.78 is 5.56. The van der Waals surface area contributed by atoms with E-state index in [1.54, 1.807) is 12.1 Å². The maximum atomic E-state index is 12.1. The molecule has 3 amide bonds. The van der Waals surface area contributed by atoms with Crippen molar-refractivity contribution in [2.75, 3.05) is 20.2 Å². The number of hydrogen-bond donors (Lipinski definition) is 2. The minimum atomic E-state index is -0.841. The van der Waals surface area contributed by atoms with Crippen molar-refractivity contribution in [1.82, 2.24) is 15.5 Å². The summed E-state index contributed by atoms with van der Waals surface area (Å²) in [7, 11) is 1.35. The molecule has 1 atom stereocenters. The van der Waals surface area contributed by atoms with E-state index in [9.17, 15) is 14.4 Å². The summed E-state index contributed by atoms with van der Waals surface area (Å²) in [6.07, 6.45) is 1.44. The van der Waals surface area contributed by atoms with Crippen LogP contribution in [0.1, 0.15) is 28.8 Å². The van der Waals surface area contributed by atoms with Crippen LogP contribution in [0.15, 0.2) is 22.7 Å². The number of urea groups is 1. The standard InChI is InChI=1S/C16H18BrN3O4/c1-24-13(21)11-5-10(6-12(17)7-11)8-20-4-2-3-16(9-20)14(22)18-15(23)19-16/h5-7H,2-4,8-9H2,1H3,(H2,18,19,22,23). The zero-order valence-electron chi connectivity index (χ0n) is 13.2. The van der Waals surface area contributed by atoms with Gasteiger partial charge in [-0.1, -0.05) is 15.9 Å². The third kappa shape index (κ3) is 3.29. The largest absolute Gasteiger partial charge is 0.465 e. The molecule has 128 valence electrons. The molecule has 2 N–H and O–H groups in total. The molecule has 1 unspecified atom stereocenters. The molecule has 0 bridgehead atoms. The number of ether oxygens (including phenoxy) is 1. The number of nitrogens with one attached hydrogen (secondary N) is 2. The van der Waals surface area contributed by atoms with Crippen LogP contribution in [-0.2, 0) is 16.1 Å². The SMILES string of the molecule is COC(=O)c1cc(Br)cc(CN2CCCC3(C2)NC(=O)NC3=O)c1. The predicted octanol–water partition coefficient (Wildman–Crippen LogP) is 1.41. The van der Waals surface area contributed by atoms with Crippen molar-refractivity contribution in [3.05, 3.63) is 33.8 Å². The Bertz CT molecular complexity index is 709. The van der Waals surface area contributed by atoms with Crippen molar-refractivity contribution in [2.45, 2.75) is 24.9 Å². The van der Waals surface area contributed by atoms with Gasteiger partial charge >= 0.3 is 12.0 Å². The second-order valence-corrected chi connectivity index (χ2v) is 7.06. The van der Waals surface area contributed by atoms with Crippen molar-refractivity contribution in [2.24, 2.45) is 0 Å². The van der Waals surface area contributed by atoms with Crippen LogP contribution in [0.3, 0.4) is 0 Å². The maximum Gasteiger partial charge on any atom is 0.337 e. The van der Waals surface area contributed by atoms with Crippen LogP contribution in [0.4, 0.5) is 4.79 Å². The smallest absolute Gasteiger partial charge is 0.337 e. The number of carbonyl (C=O) groups is 3. The van der Waals surface area contributed by atoms with E-state index in [0.717, 1.165) is 23.0 Å². The van der Waals surface area contributed by atoms with Gasteiger partial charge in [-0.3, -0.25) is 15.0 Å². The number of esters is 1. The van der Waals surface area contributed by atoms with Crippen molar-refractivity contribution >= 4 is 33.8 Å². The van der Waals surface area contributed by atoms with Crippen LogP contribution in [-0.4, -0.2) is 48.5 Å². The van der Waals surface area contributed by atoms with Crippen LogP contribution < -0.4 is 10.6 Å². The summed E-state index contributed by atoms with van der Waals surface area (Å²) in [6.45, 7) is 1.85. The molecule has 2 saturated heterocycles. The molecule has 24 heavy (non-hydrogen) atoms. The molecule has 2 heterocycles. The summed E-state index contributed by atoms with van der Waals surface area (Å²) in [4.78, 5) is 37.4. The summed E-state index contributed by atoms with van der Waals surface area (Å²) in [5.74, 6) is -0.656. The summed E-state index contributed by atoms with van der Waals surface area (Å²) in [5, 5.41) is 5.08. The molecule has 1 spiro atoms. The van der Waals surface area contributed by atoms with E-state index in [4.69, 9.17) is 4.74 Å². The van der Waals surface area contributed by atoms with E-state index < -0.39 is 17.5 Å². The molecule has 2 aliphatic rings. The molecular formula is C16H18BrN3O4. The number of carbonyl (C=O) groups excluding carboxylic acids is 3. The third-order valence-electron chi connectivity index (χ3n) is 4.37. The fourth-order valence-corrected chi connectivity index (χ4v) is 3.87. The third-order valence-corrected chi connectivity index (χ3v) is 4.83. The first-order valence-corrected chi connectivity index (χ1v) is 8.45. The highest BCUT2D eigenvalue weighted by Crippen LogP contribution is 2.26. The molecule has 1 aromatic carbocycles.